The van der Waals surface area contributed by atoms with E-state index in [4.69, 9.17) is 4.74 Å². The summed E-state index contributed by atoms with van der Waals surface area (Å²) in [6, 6.07) is 6.71. The maximum Gasteiger partial charge on any atom is 0.271 e. The van der Waals surface area contributed by atoms with E-state index in [2.05, 4.69) is 10.5 Å². The molecule has 0 radical (unpaired) electrons. The fraction of sp³-hybridized carbons (Fsp3) is 0.0667. The molecule has 0 spiro atoms. The monoisotopic (exact) mass is 318 g/mol. The zero-order chi connectivity index (χ0) is 17.0. The maximum absolute atomic E-state index is 11.8. The highest BCUT2D eigenvalue weighted by atomic mass is 16.5. The molecule has 0 aliphatic heterocycles. The van der Waals surface area contributed by atoms with Gasteiger partial charge in [-0.2, -0.15) is 5.10 Å². The lowest BCUT2D eigenvalue weighted by molar-refractivity contribution is 0.0954. The second kappa shape index (κ2) is 6.56. The minimum atomic E-state index is -0.728. The second-order valence-electron chi connectivity index (χ2n) is 4.46. The van der Waals surface area contributed by atoms with Gasteiger partial charge in [0.05, 0.1) is 13.3 Å². The van der Waals surface area contributed by atoms with Crippen LogP contribution in [0, 0.1) is 0 Å². The number of hydrogen-bond acceptors (Lipinski definition) is 7. The summed E-state index contributed by atoms with van der Waals surface area (Å²) in [5, 5.41) is 41.4. The topological polar surface area (TPSA) is 132 Å². The highest BCUT2D eigenvalue weighted by Gasteiger charge is 2.13. The summed E-state index contributed by atoms with van der Waals surface area (Å²) in [6.45, 7) is 0. The minimum Gasteiger partial charge on any atom is -0.504 e. The predicted molar refractivity (Wildman–Crippen MR) is 81.2 cm³/mol. The van der Waals surface area contributed by atoms with Crippen molar-refractivity contribution in [1.29, 1.82) is 0 Å². The molecule has 0 aliphatic carbocycles. The van der Waals surface area contributed by atoms with Gasteiger partial charge in [-0.25, -0.2) is 5.43 Å². The van der Waals surface area contributed by atoms with Crippen LogP contribution in [0.5, 0.6) is 28.7 Å². The number of aromatic hydroxyl groups is 4. The molecule has 120 valence electrons. The van der Waals surface area contributed by atoms with Crippen LogP contribution >= 0.6 is 0 Å². The molecule has 2 aromatic carbocycles. The quantitative estimate of drug-likeness (QED) is 0.328. The molecule has 8 heteroatoms. The first-order chi connectivity index (χ1) is 10.9. The molecule has 0 aliphatic rings. The van der Waals surface area contributed by atoms with Crippen LogP contribution in [0.2, 0.25) is 0 Å². The van der Waals surface area contributed by atoms with Gasteiger partial charge < -0.3 is 25.2 Å². The van der Waals surface area contributed by atoms with Gasteiger partial charge in [0.25, 0.3) is 5.91 Å². The first kappa shape index (κ1) is 16.0. The molecule has 1 amide bonds. The number of amides is 1. The summed E-state index contributed by atoms with van der Waals surface area (Å²) in [5.41, 5.74) is 2.37. The third-order valence-corrected chi connectivity index (χ3v) is 2.95. The van der Waals surface area contributed by atoms with Crippen molar-refractivity contribution in [3.63, 3.8) is 0 Å². The Morgan fingerprint density at radius 3 is 2.39 bits per heavy atom. The molecular formula is C15H14N2O6. The van der Waals surface area contributed by atoms with Gasteiger partial charge in [-0.1, -0.05) is 6.07 Å². The number of ether oxygens (including phenoxy) is 1. The van der Waals surface area contributed by atoms with Crippen LogP contribution in [-0.4, -0.2) is 39.7 Å². The number of para-hydroxylation sites is 1. The van der Waals surface area contributed by atoms with E-state index in [9.17, 15) is 25.2 Å². The van der Waals surface area contributed by atoms with Crippen LogP contribution < -0.4 is 10.2 Å². The van der Waals surface area contributed by atoms with Crippen LogP contribution in [0.25, 0.3) is 0 Å². The summed E-state index contributed by atoms with van der Waals surface area (Å²) >= 11 is 0. The van der Waals surface area contributed by atoms with E-state index in [1.807, 2.05) is 0 Å². The molecule has 0 aromatic heterocycles. The Bertz CT molecular complexity index is 750. The maximum atomic E-state index is 11.8. The molecular weight excluding hydrogens is 304 g/mol. The Morgan fingerprint density at radius 1 is 1.13 bits per heavy atom. The predicted octanol–water partition coefficient (Wildman–Crippen LogP) is 1.28. The Hall–Kier alpha value is -3.42. The number of carbonyl (C=O) groups is 1. The van der Waals surface area contributed by atoms with E-state index < -0.39 is 23.2 Å². The van der Waals surface area contributed by atoms with Crippen LogP contribution in [0.1, 0.15) is 15.9 Å². The number of phenols is 4. The Kier molecular flexibility index (Phi) is 4.55. The standard InChI is InChI=1S/C15H14N2O6/c1-23-12-4-2-3-8(13(12)20)7-16-17-15(22)9-5-10(18)14(21)11(19)6-9/h2-7,18-21H,1H3,(H,17,22)/b16-7+. The largest absolute Gasteiger partial charge is 0.504 e. The highest BCUT2D eigenvalue weighted by Crippen LogP contribution is 2.35. The number of benzene rings is 2. The van der Waals surface area contributed by atoms with Gasteiger partial charge in [-0.05, 0) is 24.3 Å². The van der Waals surface area contributed by atoms with Crippen LogP contribution in [0.15, 0.2) is 35.4 Å². The molecule has 2 rings (SSSR count). The molecule has 0 saturated carbocycles. The molecule has 0 atom stereocenters. The number of carbonyl (C=O) groups excluding carboxylic acids is 1. The fourth-order valence-corrected chi connectivity index (χ4v) is 1.77. The molecule has 0 fully saturated rings. The van der Waals surface area contributed by atoms with Crippen molar-refractivity contribution in [3.05, 3.63) is 41.5 Å². The number of rotatable bonds is 4. The summed E-state index contributed by atoms with van der Waals surface area (Å²) < 4.78 is 4.94. The van der Waals surface area contributed by atoms with Gasteiger partial charge in [0.15, 0.2) is 28.7 Å². The summed E-state index contributed by atoms with van der Waals surface area (Å²) in [7, 11) is 1.40. The normalized spacial score (nSPS) is 10.7. The lowest BCUT2D eigenvalue weighted by Gasteiger charge is -2.06. The number of nitrogens with one attached hydrogen (secondary N) is 1. The van der Waals surface area contributed by atoms with Crippen LogP contribution in [0.4, 0.5) is 0 Å². The van der Waals surface area contributed by atoms with Gasteiger partial charge in [0.2, 0.25) is 0 Å². The van der Waals surface area contributed by atoms with Gasteiger partial charge >= 0.3 is 0 Å². The lowest BCUT2D eigenvalue weighted by atomic mass is 10.2. The third-order valence-electron chi connectivity index (χ3n) is 2.95. The number of phenolic OH excluding ortho intramolecular Hbond substituents is 4. The molecule has 8 nitrogen and oxygen atoms in total. The van der Waals surface area contributed by atoms with Crippen LogP contribution in [0.3, 0.4) is 0 Å². The zero-order valence-corrected chi connectivity index (χ0v) is 12.0. The number of methoxy groups -OCH3 is 1. The SMILES string of the molecule is COc1cccc(/C=N/NC(=O)c2cc(O)c(O)c(O)c2)c1O. The number of hydrazone groups is 1. The molecule has 0 heterocycles. The van der Waals surface area contributed by atoms with Gasteiger partial charge in [0.1, 0.15) is 0 Å². The fourth-order valence-electron chi connectivity index (χ4n) is 1.77. The third kappa shape index (κ3) is 3.43. The van der Waals surface area contributed by atoms with Crippen molar-refractivity contribution in [1.82, 2.24) is 5.43 Å². The van der Waals surface area contributed by atoms with Gasteiger partial charge in [0, 0.05) is 11.1 Å². The number of nitrogens with zero attached hydrogens (tertiary/aromatic N) is 1. The molecule has 0 bridgehead atoms. The molecule has 23 heavy (non-hydrogen) atoms. The number of hydrogen-bond donors (Lipinski definition) is 5. The molecule has 0 unspecified atom stereocenters. The average Bonchev–Trinajstić information content (AvgIpc) is 2.53. The highest BCUT2D eigenvalue weighted by molar-refractivity contribution is 5.96. The van der Waals surface area contributed by atoms with Crippen molar-refractivity contribution in [2.75, 3.05) is 7.11 Å². The summed E-state index contributed by atoms with van der Waals surface area (Å²) in [4.78, 5) is 11.8. The van der Waals surface area contributed by atoms with Gasteiger partial charge in [-0.3, -0.25) is 4.79 Å². The smallest absolute Gasteiger partial charge is 0.271 e. The summed E-state index contributed by atoms with van der Waals surface area (Å²) in [5.74, 6) is -2.59. The molecule has 2 aromatic rings. The van der Waals surface area contributed by atoms with Crippen LogP contribution in [-0.2, 0) is 0 Å². The van der Waals surface area contributed by atoms with Crippen molar-refractivity contribution in [2.24, 2.45) is 5.10 Å². The van der Waals surface area contributed by atoms with E-state index >= 15 is 0 Å². The molecule has 0 saturated heterocycles. The Morgan fingerprint density at radius 2 is 1.78 bits per heavy atom. The first-order valence-electron chi connectivity index (χ1n) is 6.38. The minimum absolute atomic E-state index is 0.107. The van der Waals surface area contributed by atoms with E-state index in [0.717, 1.165) is 12.1 Å². The second-order valence-corrected chi connectivity index (χ2v) is 4.46. The van der Waals surface area contributed by atoms with Crippen molar-refractivity contribution in [2.45, 2.75) is 0 Å². The zero-order valence-electron chi connectivity index (χ0n) is 12.0. The van der Waals surface area contributed by atoms with Crippen molar-refractivity contribution in [3.8, 4) is 28.7 Å². The van der Waals surface area contributed by atoms with Crippen molar-refractivity contribution < 1.29 is 30.0 Å². The van der Waals surface area contributed by atoms with Gasteiger partial charge in [-0.15, -0.1) is 0 Å². The Labute approximate surface area is 130 Å². The van der Waals surface area contributed by atoms with E-state index in [-0.39, 0.29) is 17.1 Å². The van der Waals surface area contributed by atoms with Crippen molar-refractivity contribution >= 4 is 12.1 Å². The van der Waals surface area contributed by atoms with E-state index in [1.165, 1.54) is 13.3 Å². The lowest BCUT2D eigenvalue weighted by Crippen LogP contribution is -2.17. The summed E-state index contributed by atoms with van der Waals surface area (Å²) in [6.07, 6.45) is 1.20. The van der Waals surface area contributed by atoms with E-state index in [1.54, 1.807) is 18.2 Å². The Balaban J connectivity index is 2.13. The average molecular weight is 318 g/mol. The first-order valence-corrected chi connectivity index (χ1v) is 6.38. The van der Waals surface area contributed by atoms with E-state index in [0.29, 0.717) is 5.56 Å². The molecule has 5 N–H and O–H groups in total.